The third kappa shape index (κ3) is 6.94. The Morgan fingerprint density at radius 3 is 2.31 bits per heavy atom. The lowest BCUT2D eigenvalue weighted by Crippen LogP contribution is -2.57. The molecule has 0 aromatic heterocycles. The van der Waals surface area contributed by atoms with Gasteiger partial charge in [-0.1, -0.05) is 54.1 Å². The zero-order valence-corrected chi connectivity index (χ0v) is 19.4. The number of hydrogen-bond donors (Lipinski definition) is 2. The number of para-hydroxylation sites is 1. The highest BCUT2D eigenvalue weighted by Gasteiger charge is 2.41. The minimum atomic E-state index is -5.15. The highest BCUT2D eigenvalue weighted by atomic mass is 19.4. The molecular formula is C26H28F3N3O3. The summed E-state index contributed by atoms with van der Waals surface area (Å²) in [6.45, 7) is 5.98. The van der Waals surface area contributed by atoms with E-state index in [4.69, 9.17) is 0 Å². The minimum absolute atomic E-state index is 0.106. The molecule has 2 aromatic carbocycles. The van der Waals surface area contributed by atoms with Gasteiger partial charge in [-0.2, -0.15) is 13.2 Å². The Hall–Kier alpha value is -3.62. The van der Waals surface area contributed by atoms with Crippen LogP contribution in [0.3, 0.4) is 0 Å². The van der Waals surface area contributed by atoms with Crippen molar-refractivity contribution in [1.29, 1.82) is 0 Å². The van der Waals surface area contributed by atoms with Crippen molar-refractivity contribution in [1.82, 2.24) is 10.6 Å². The fourth-order valence-electron chi connectivity index (χ4n) is 4.07. The number of anilines is 1. The fourth-order valence-corrected chi connectivity index (χ4v) is 4.07. The number of alkyl halides is 3. The van der Waals surface area contributed by atoms with E-state index in [0.29, 0.717) is 17.7 Å². The maximum Gasteiger partial charge on any atom is 0.471 e. The topological polar surface area (TPSA) is 78.5 Å². The van der Waals surface area contributed by atoms with Crippen molar-refractivity contribution < 1.29 is 27.6 Å². The second kappa shape index (κ2) is 11.2. The van der Waals surface area contributed by atoms with E-state index in [9.17, 15) is 27.6 Å². The van der Waals surface area contributed by atoms with E-state index in [2.05, 4.69) is 11.9 Å². The normalized spacial score (nSPS) is 14.9. The minimum Gasteiger partial charge on any atom is -0.342 e. The van der Waals surface area contributed by atoms with Crippen LogP contribution < -0.4 is 15.5 Å². The summed E-state index contributed by atoms with van der Waals surface area (Å²) in [7, 11) is 0. The second-order valence-corrected chi connectivity index (χ2v) is 8.66. The first-order valence-corrected chi connectivity index (χ1v) is 11.3. The van der Waals surface area contributed by atoms with E-state index in [0.717, 1.165) is 24.1 Å². The summed E-state index contributed by atoms with van der Waals surface area (Å²) in [5.74, 6) is -3.48. The molecule has 1 aliphatic heterocycles. The molecule has 9 heteroatoms. The molecule has 1 aliphatic rings. The SMILES string of the molecule is C=C(C)C[C@@H](NC(=O)[C@H](Cc1ccccc1)NC(=O)C(F)(F)F)C(=O)N1CCCc2ccccc21. The van der Waals surface area contributed by atoms with Crippen molar-refractivity contribution in [3.05, 3.63) is 77.9 Å². The lowest BCUT2D eigenvalue weighted by atomic mass is 9.99. The van der Waals surface area contributed by atoms with Crippen molar-refractivity contribution in [2.45, 2.75) is 50.9 Å². The van der Waals surface area contributed by atoms with Crippen LogP contribution in [0.5, 0.6) is 0 Å². The monoisotopic (exact) mass is 487 g/mol. The maximum atomic E-state index is 13.5. The average Bonchev–Trinajstić information content (AvgIpc) is 2.82. The molecule has 2 N–H and O–H groups in total. The molecule has 3 amide bonds. The zero-order valence-electron chi connectivity index (χ0n) is 19.4. The molecule has 2 aromatic rings. The van der Waals surface area contributed by atoms with Gasteiger partial charge in [-0.05, 0) is 43.4 Å². The van der Waals surface area contributed by atoms with Crippen LogP contribution in [0.1, 0.15) is 30.9 Å². The van der Waals surface area contributed by atoms with E-state index in [1.54, 1.807) is 47.5 Å². The molecular weight excluding hydrogens is 459 g/mol. The molecule has 0 spiro atoms. The Morgan fingerprint density at radius 2 is 1.66 bits per heavy atom. The molecule has 0 saturated carbocycles. The summed E-state index contributed by atoms with van der Waals surface area (Å²) in [5, 5.41) is 4.36. The number of halogens is 3. The number of carbonyl (C=O) groups excluding carboxylic acids is 3. The van der Waals surface area contributed by atoms with Gasteiger partial charge in [0.05, 0.1) is 0 Å². The zero-order chi connectivity index (χ0) is 25.6. The summed E-state index contributed by atoms with van der Waals surface area (Å²) in [6.07, 6.45) is -3.65. The first kappa shape index (κ1) is 26.0. The fraction of sp³-hybridized carbons (Fsp3) is 0.346. The maximum absolute atomic E-state index is 13.5. The third-order valence-corrected chi connectivity index (χ3v) is 5.71. The predicted molar refractivity (Wildman–Crippen MR) is 127 cm³/mol. The summed E-state index contributed by atoms with van der Waals surface area (Å²) in [4.78, 5) is 39.9. The second-order valence-electron chi connectivity index (χ2n) is 8.66. The number of amides is 3. The van der Waals surface area contributed by atoms with Gasteiger partial charge < -0.3 is 15.5 Å². The van der Waals surface area contributed by atoms with Crippen molar-refractivity contribution in [3.8, 4) is 0 Å². The molecule has 0 aliphatic carbocycles. The smallest absolute Gasteiger partial charge is 0.342 e. The van der Waals surface area contributed by atoms with Gasteiger partial charge in [0.25, 0.3) is 0 Å². The molecule has 35 heavy (non-hydrogen) atoms. The molecule has 0 unspecified atom stereocenters. The molecule has 6 nitrogen and oxygen atoms in total. The Labute approximate surface area is 202 Å². The van der Waals surface area contributed by atoms with Crippen LogP contribution in [0, 0.1) is 0 Å². The summed E-state index contributed by atoms with van der Waals surface area (Å²) in [6, 6.07) is 13.3. The Balaban J connectivity index is 1.84. The van der Waals surface area contributed by atoms with Crippen LogP contribution >= 0.6 is 0 Å². The van der Waals surface area contributed by atoms with E-state index in [1.807, 2.05) is 24.3 Å². The van der Waals surface area contributed by atoms with Crippen molar-refractivity contribution in [3.63, 3.8) is 0 Å². The Morgan fingerprint density at radius 1 is 1.00 bits per heavy atom. The molecule has 3 rings (SSSR count). The number of benzene rings is 2. The average molecular weight is 488 g/mol. The van der Waals surface area contributed by atoms with Gasteiger partial charge in [0.15, 0.2) is 0 Å². The van der Waals surface area contributed by atoms with Crippen LogP contribution in [0.4, 0.5) is 18.9 Å². The third-order valence-electron chi connectivity index (χ3n) is 5.71. The highest BCUT2D eigenvalue weighted by molar-refractivity contribution is 6.01. The molecule has 2 atom stereocenters. The number of rotatable bonds is 8. The van der Waals surface area contributed by atoms with Gasteiger partial charge in [-0.25, -0.2) is 0 Å². The van der Waals surface area contributed by atoms with Gasteiger partial charge >= 0.3 is 12.1 Å². The van der Waals surface area contributed by atoms with Gasteiger partial charge in [0, 0.05) is 18.7 Å². The van der Waals surface area contributed by atoms with Gasteiger partial charge in [0.1, 0.15) is 12.1 Å². The standard InChI is InChI=1S/C26H28F3N3O3/c1-17(2)15-21(24(34)32-14-8-12-19-11-6-7-13-22(19)32)30-23(33)20(31-25(35)26(27,28)29)16-18-9-4-3-5-10-18/h3-7,9-11,13,20-21H,1,8,12,14-16H2,2H3,(H,30,33)(H,31,35)/t20-,21+/m0/s1. The van der Waals surface area contributed by atoms with Crippen LogP contribution in [0.25, 0.3) is 0 Å². The van der Waals surface area contributed by atoms with E-state index >= 15 is 0 Å². The lowest BCUT2D eigenvalue weighted by Gasteiger charge is -2.33. The summed E-state index contributed by atoms with van der Waals surface area (Å²) < 4.78 is 38.8. The first-order valence-electron chi connectivity index (χ1n) is 11.3. The predicted octanol–water partition coefficient (Wildman–Crippen LogP) is 3.71. The van der Waals surface area contributed by atoms with E-state index in [1.165, 1.54) is 0 Å². The highest BCUT2D eigenvalue weighted by Crippen LogP contribution is 2.28. The number of aryl methyl sites for hydroxylation is 1. The molecule has 0 bridgehead atoms. The summed E-state index contributed by atoms with van der Waals surface area (Å²) >= 11 is 0. The van der Waals surface area contributed by atoms with Crippen LogP contribution in [-0.2, 0) is 27.2 Å². The van der Waals surface area contributed by atoms with Gasteiger partial charge in [-0.3, -0.25) is 14.4 Å². The first-order chi connectivity index (χ1) is 16.6. The summed E-state index contributed by atoms with van der Waals surface area (Å²) in [5.41, 5.74) is 2.93. The van der Waals surface area contributed by atoms with Crippen molar-refractivity contribution >= 4 is 23.4 Å². The van der Waals surface area contributed by atoms with Crippen LogP contribution in [0.2, 0.25) is 0 Å². The van der Waals surface area contributed by atoms with Crippen molar-refractivity contribution in [2.24, 2.45) is 0 Å². The Kier molecular flexibility index (Phi) is 8.32. The van der Waals surface area contributed by atoms with Crippen LogP contribution in [-0.4, -0.2) is 42.5 Å². The quantitative estimate of drug-likeness (QED) is 0.558. The van der Waals surface area contributed by atoms with Crippen LogP contribution in [0.15, 0.2) is 66.7 Å². The number of fused-ring (bicyclic) bond motifs is 1. The molecule has 0 saturated heterocycles. The van der Waals surface area contributed by atoms with E-state index in [-0.39, 0.29) is 18.7 Å². The Bertz CT molecular complexity index is 1090. The number of carbonyl (C=O) groups is 3. The molecule has 1 heterocycles. The number of nitrogens with zero attached hydrogens (tertiary/aromatic N) is 1. The largest absolute Gasteiger partial charge is 0.471 e. The molecule has 186 valence electrons. The number of nitrogens with one attached hydrogen (secondary N) is 2. The molecule has 0 radical (unpaired) electrons. The molecule has 0 fully saturated rings. The van der Waals surface area contributed by atoms with Gasteiger partial charge in [0.2, 0.25) is 11.8 Å². The van der Waals surface area contributed by atoms with Gasteiger partial charge in [-0.15, -0.1) is 6.58 Å². The lowest BCUT2D eigenvalue weighted by molar-refractivity contribution is -0.174. The number of hydrogen-bond acceptors (Lipinski definition) is 3. The van der Waals surface area contributed by atoms with Crippen molar-refractivity contribution in [2.75, 3.05) is 11.4 Å². The van der Waals surface area contributed by atoms with E-state index < -0.39 is 30.1 Å².